The van der Waals surface area contributed by atoms with Gasteiger partial charge in [-0.3, -0.25) is 9.58 Å². The van der Waals surface area contributed by atoms with Crippen molar-refractivity contribution in [2.75, 3.05) is 22.9 Å². The molecule has 1 aromatic heterocycles. The van der Waals surface area contributed by atoms with E-state index in [-0.39, 0.29) is 24.2 Å². The van der Waals surface area contributed by atoms with Crippen LogP contribution in [0.3, 0.4) is 0 Å². The lowest BCUT2D eigenvalue weighted by molar-refractivity contribution is -0.138. The van der Waals surface area contributed by atoms with Crippen LogP contribution in [0.5, 0.6) is 0 Å². The topological polar surface area (TPSA) is 68.4 Å². The fourth-order valence-electron chi connectivity index (χ4n) is 5.49. The van der Waals surface area contributed by atoms with Crippen LogP contribution in [0.15, 0.2) is 48.5 Å². The molecule has 7 nitrogen and oxygen atoms in total. The fourth-order valence-corrected chi connectivity index (χ4v) is 5.49. The van der Waals surface area contributed by atoms with Crippen molar-refractivity contribution in [3.05, 3.63) is 76.5 Å². The van der Waals surface area contributed by atoms with E-state index >= 15 is 0 Å². The van der Waals surface area contributed by atoms with E-state index in [9.17, 15) is 23.2 Å². The standard InChI is InChI=1S/C27H27F3N6O/c1-18-22(15-31)25(33(2)32-18)34-13-11-21(12-14-34)35-17-20-8-4-6-10-24(20)36(26(35)37)16-19-7-3-5-9-23(19)27(28,29)30/h3-10,21H,11-14,16-17H2,1-2H3. The molecule has 0 unspecified atom stereocenters. The molecule has 3 heterocycles. The minimum absolute atomic E-state index is 0.0606. The summed E-state index contributed by atoms with van der Waals surface area (Å²) in [5.41, 5.74) is 2.11. The Morgan fingerprint density at radius 3 is 2.46 bits per heavy atom. The third-order valence-corrected chi connectivity index (χ3v) is 7.26. The van der Waals surface area contributed by atoms with Crippen LogP contribution in [0.25, 0.3) is 0 Å². The number of halogens is 3. The lowest BCUT2D eigenvalue weighted by Gasteiger charge is -2.44. The maximum atomic E-state index is 13.8. The van der Waals surface area contributed by atoms with Crippen molar-refractivity contribution in [1.29, 1.82) is 5.26 Å². The van der Waals surface area contributed by atoms with Gasteiger partial charge in [0.25, 0.3) is 0 Å². The van der Waals surface area contributed by atoms with Crippen LogP contribution < -0.4 is 9.80 Å². The first-order valence-electron chi connectivity index (χ1n) is 12.2. The van der Waals surface area contributed by atoms with E-state index in [1.165, 1.54) is 17.0 Å². The van der Waals surface area contributed by atoms with Gasteiger partial charge in [-0.1, -0.05) is 36.4 Å². The van der Waals surface area contributed by atoms with E-state index in [0.29, 0.717) is 49.4 Å². The maximum Gasteiger partial charge on any atom is 0.416 e. The highest BCUT2D eigenvalue weighted by Gasteiger charge is 2.39. The largest absolute Gasteiger partial charge is 0.416 e. The Labute approximate surface area is 213 Å². The normalized spacial score (nSPS) is 16.6. The summed E-state index contributed by atoms with van der Waals surface area (Å²) in [6.07, 6.45) is -3.15. The number of aromatic nitrogens is 2. The molecule has 0 spiro atoms. The van der Waals surface area contributed by atoms with Gasteiger partial charge in [-0.15, -0.1) is 0 Å². The van der Waals surface area contributed by atoms with E-state index in [0.717, 1.165) is 17.4 Å². The van der Waals surface area contributed by atoms with Gasteiger partial charge in [0.05, 0.1) is 23.5 Å². The number of amides is 2. The summed E-state index contributed by atoms with van der Waals surface area (Å²) < 4.78 is 42.8. The lowest BCUT2D eigenvalue weighted by atomic mass is 9.99. The monoisotopic (exact) mass is 508 g/mol. The highest BCUT2D eigenvalue weighted by molar-refractivity contribution is 5.95. The van der Waals surface area contributed by atoms with Gasteiger partial charge in [0, 0.05) is 32.7 Å². The van der Waals surface area contributed by atoms with Gasteiger partial charge in [-0.25, -0.2) is 4.79 Å². The van der Waals surface area contributed by atoms with Gasteiger partial charge in [0.2, 0.25) is 0 Å². The number of nitriles is 1. The zero-order chi connectivity index (χ0) is 26.3. The third kappa shape index (κ3) is 4.50. The van der Waals surface area contributed by atoms with Crippen LogP contribution in [0.1, 0.15) is 40.8 Å². The number of hydrogen-bond donors (Lipinski definition) is 0. The number of alkyl halides is 3. The summed E-state index contributed by atoms with van der Waals surface area (Å²) in [6, 6.07) is 14.7. The van der Waals surface area contributed by atoms with E-state index < -0.39 is 11.7 Å². The predicted octanol–water partition coefficient (Wildman–Crippen LogP) is 5.23. The second-order valence-electron chi connectivity index (χ2n) is 9.52. The first-order chi connectivity index (χ1) is 17.7. The van der Waals surface area contributed by atoms with E-state index in [1.54, 1.807) is 27.8 Å². The van der Waals surface area contributed by atoms with Crippen molar-refractivity contribution in [3.8, 4) is 6.07 Å². The van der Waals surface area contributed by atoms with Gasteiger partial charge in [-0.2, -0.15) is 23.5 Å². The number of urea groups is 1. The molecule has 1 fully saturated rings. The van der Waals surface area contributed by atoms with Crippen LogP contribution >= 0.6 is 0 Å². The van der Waals surface area contributed by atoms with Crippen LogP contribution in [-0.4, -0.2) is 39.8 Å². The summed E-state index contributed by atoms with van der Waals surface area (Å²) >= 11 is 0. The summed E-state index contributed by atoms with van der Waals surface area (Å²) in [5, 5.41) is 14.0. The first-order valence-corrected chi connectivity index (χ1v) is 12.2. The van der Waals surface area contributed by atoms with Crippen molar-refractivity contribution in [3.63, 3.8) is 0 Å². The molecule has 5 rings (SSSR count). The number of aryl methyl sites for hydroxylation is 2. The van der Waals surface area contributed by atoms with Crippen molar-refractivity contribution in [1.82, 2.24) is 14.7 Å². The third-order valence-electron chi connectivity index (χ3n) is 7.26. The van der Waals surface area contributed by atoms with E-state index in [4.69, 9.17) is 0 Å². The summed E-state index contributed by atoms with van der Waals surface area (Å²) in [7, 11) is 1.82. The predicted molar refractivity (Wildman–Crippen MR) is 133 cm³/mol. The van der Waals surface area contributed by atoms with Crippen molar-refractivity contribution in [2.45, 2.75) is 45.1 Å². The zero-order valence-electron chi connectivity index (χ0n) is 20.7. The molecule has 0 radical (unpaired) electrons. The lowest BCUT2D eigenvalue weighted by Crippen LogP contribution is -2.54. The highest BCUT2D eigenvalue weighted by Crippen LogP contribution is 2.37. The molecule has 0 N–H and O–H groups in total. The molecule has 192 valence electrons. The number of piperidine rings is 1. The first kappa shape index (κ1) is 24.7. The number of nitrogens with zero attached hydrogens (tertiary/aromatic N) is 6. The van der Waals surface area contributed by atoms with Crippen LogP contribution in [0.2, 0.25) is 0 Å². The molecule has 0 aliphatic carbocycles. The number of hydrogen-bond acceptors (Lipinski definition) is 4. The average molecular weight is 509 g/mol. The minimum atomic E-state index is -4.51. The molecular formula is C27H27F3N6O. The molecular weight excluding hydrogens is 481 g/mol. The molecule has 10 heteroatoms. The molecule has 2 aromatic carbocycles. The van der Waals surface area contributed by atoms with E-state index in [2.05, 4.69) is 16.1 Å². The minimum Gasteiger partial charge on any atom is -0.356 e. The SMILES string of the molecule is Cc1nn(C)c(N2CCC(N3Cc4ccccc4N(Cc4ccccc4C(F)(F)F)C3=O)CC2)c1C#N. The molecule has 37 heavy (non-hydrogen) atoms. The van der Waals surface area contributed by atoms with Crippen LogP contribution in [0.4, 0.5) is 29.5 Å². The average Bonchev–Trinajstić information content (AvgIpc) is 3.17. The van der Waals surface area contributed by atoms with Crippen molar-refractivity contribution in [2.24, 2.45) is 7.05 Å². The Morgan fingerprint density at radius 2 is 1.76 bits per heavy atom. The van der Waals surface area contributed by atoms with Gasteiger partial charge in [0.1, 0.15) is 17.5 Å². The number of anilines is 2. The molecule has 2 aliphatic heterocycles. The summed E-state index contributed by atoms with van der Waals surface area (Å²) in [5.74, 6) is 0.777. The molecule has 2 amide bonds. The van der Waals surface area contributed by atoms with E-state index in [1.807, 2.05) is 26.1 Å². The quantitative estimate of drug-likeness (QED) is 0.484. The number of fused-ring (bicyclic) bond motifs is 1. The van der Waals surface area contributed by atoms with Gasteiger partial charge in [0.15, 0.2) is 0 Å². The van der Waals surface area contributed by atoms with Crippen LogP contribution in [0, 0.1) is 18.3 Å². The van der Waals surface area contributed by atoms with Gasteiger partial charge >= 0.3 is 12.2 Å². The Kier molecular flexibility index (Phi) is 6.31. The Hall–Kier alpha value is -4.00. The fraction of sp³-hybridized carbons (Fsp3) is 0.370. The molecule has 0 bridgehead atoms. The molecule has 2 aliphatic rings. The highest BCUT2D eigenvalue weighted by atomic mass is 19.4. The number of benzene rings is 2. The second-order valence-corrected chi connectivity index (χ2v) is 9.52. The van der Waals surface area contributed by atoms with Gasteiger partial charge < -0.3 is 9.80 Å². The Morgan fingerprint density at radius 1 is 1.08 bits per heavy atom. The smallest absolute Gasteiger partial charge is 0.356 e. The number of rotatable bonds is 4. The molecule has 0 atom stereocenters. The zero-order valence-corrected chi connectivity index (χ0v) is 20.7. The maximum absolute atomic E-state index is 13.8. The molecule has 0 saturated carbocycles. The summed E-state index contributed by atoms with van der Waals surface area (Å²) in [6.45, 7) is 3.33. The number of carbonyl (C=O) groups excluding carboxylic acids is 1. The van der Waals surface area contributed by atoms with Crippen molar-refractivity contribution >= 4 is 17.5 Å². The van der Waals surface area contributed by atoms with Gasteiger partial charge in [-0.05, 0) is 43.0 Å². The summed E-state index contributed by atoms with van der Waals surface area (Å²) in [4.78, 5) is 19.1. The molecule has 1 saturated heterocycles. The Bertz CT molecular complexity index is 1370. The second kappa shape index (κ2) is 9.47. The van der Waals surface area contributed by atoms with Crippen molar-refractivity contribution < 1.29 is 18.0 Å². The number of carbonyl (C=O) groups is 1. The van der Waals surface area contributed by atoms with Crippen LogP contribution in [-0.2, 0) is 26.3 Å². The Balaban J connectivity index is 1.40. The molecule has 3 aromatic rings. The number of para-hydroxylation sites is 1.